The zero-order valence-corrected chi connectivity index (χ0v) is 9.92. The maximum absolute atomic E-state index is 12.7. The van der Waals surface area contributed by atoms with E-state index in [4.69, 9.17) is 5.73 Å². The van der Waals surface area contributed by atoms with Gasteiger partial charge in [0, 0.05) is 18.4 Å². The van der Waals surface area contributed by atoms with Gasteiger partial charge in [0.1, 0.15) is 11.6 Å². The SMILES string of the molecule is NC1(CC(=O)Cc2ccc(F)cc2)CCCC1. The molecule has 1 aromatic rings. The topological polar surface area (TPSA) is 43.1 Å². The summed E-state index contributed by atoms with van der Waals surface area (Å²) in [6.07, 6.45) is 4.95. The first-order valence-corrected chi connectivity index (χ1v) is 6.12. The van der Waals surface area contributed by atoms with Crippen LogP contribution in [0.25, 0.3) is 0 Å². The van der Waals surface area contributed by atoms with E-state index in [0.717, 1.165) is 31.2 Å². The average Bonchev–Trinajstić information content (AvgIpc) is 2.68. The second-order valence-electron chi connectivity index (χ2n) is 5.09. The molecule has 0 aliphatic heterocycles. The van der Waals surface area contributed by atoms with Crippen LogP contribution in [0.1, 0.15) is 37.7 Å². The molecule has 0 saturated heterocycles. The Bertz CT molecular complexity index is 393. The van der Waals surface area contributed by atoms with E-state index < -0.39 is 0 Å². The predicted octanol–water partition coefficient (Wildman–Crippen LogP) is 2.60. The fourth-order valence-corrected chi connectivity index (χ4v) is 2.54. The number of ketones is 1. The van der Waals surface area contributed by atoms with Crippen LogP contribution in [0, 0.1) is 5.82 Å². The van der Waals surface area contributed by atoms with E-state index in [1.54, 1.807) is 12.1 Å². The first-order chi connectivity index (χ1) is 8.07. The summed E-state index contributed by atoms with van der Waals surface area (Å²) in [6.45, 7) is 0. The zero-order valence-electron chi connectivity index (χ0n) is 9.92. The van der Waals surface area contributed by atoms with Crippen LogP contribution in [0.3, 0.4) is 0 Å². The number of carbonyl (C=O) groups is 1. The third kappa shape index (κ3) is 3.37. The van der Waals surface area contributed by atoms with Gasteiger partial charge in [0.05, 0.1) is 0 Å². The fourth-order valence-electron chi connectivity index (χ4n) is 2.54. The lowest BCUT2D eigenvalue weighted by Gasteiger charge is -2.22. The van der Waals surface area contributed by atoms with Crippen LogP contribution in [-0.4, -0.2) is 11.3 Å². The third-order valence-corrected chi connectivity index (χ3v) is 3.46. The van der Waals surface area contributed by atoms with E-state index in [0.29, 0.717) is 12.8 Å². The van der Waals surface area contributed by atoms with Crippen molar-refractivity contribution in [3.05, 3.63) is 35.6 Å². The molecule has 92 valence electrons. The van der Waals surface area contributed by atoms with Gasteiger partial charge in [-0.15, -0.1) is 0 Å². The average molecular weight is 235 g/mol. The van der Waals surface area contributed by atoms with E-state index in [-0.39, 0.29) is 17.1 Å². The largest absolute Gasteiger partial charge is 0.325 e. The summed E-state index contributed by atoms with van der Waals surface area (Å²) in [5, 5.41) is 0. The predicted molar refractivity (Wildman–Crippen MR) is 65.1 cm³/mol. The summed E-state index contributed by atoms with van der Waals surface area (Å²) >= 11 is 0. The Morgan fingerprint density at radius 3 is 2.41 bits per heavy atom. The quantitative estimate of drug-likeness (QED) is 0.871. The lowest BCUT2D eigenvalue weighted by Crippen LogP contribution is -2.39. The van der Waals surface area contributed by atoms with Crippen molar-refractivity contribution in [2.24, 2.45) is 5.73 Å². The minimum atomic E-state index is -0.281. The molecule has 2 rings (SSSR count). The van der Waals surface area contributed by atoms with Gasteiger partial charge in [-0.25, -0.2) is 4.39 Å². The van der Waals surface area contributed by atoms with Crippen molar-refractivity contribution < 1.29 is 9.18 Å². The smallest absolute Gasteiger partial charge is 0.139 e. The van der Waals surface area contributed by atoms with Gasteiger partial charge in [-0.2, -0.15) is 0 Å². The van der Waals surface area contributed by atoms with E-state index in [1.165, 1.54) is 12.1 Å². The van der Waals surface area contributed by atoms with Gasteiger partial charge < -0.3 is 5.73 Å². The number of Topliss-reactive ketones (excluding diaryl/α,β-unsaturated/α-hetero) is 1. The Labute approximate surface area is 101 Å². The van der Waals surface area contributed by atoms with Crippen LogP contribution in [0.15, 0.2) is 24.3 Å². The number of nitrogens with two attached hydrogens (primary N) is 1. The highest BCUT2D eigenvalue weighted by molar-refractivity contribution is 5.82. The first-order valence-electron chi connectivity index (χ1n) is 6.12. The maximum Gasteiger partial charge on any atom is 0.139 e. The van der Waals surface area contributed by atoms with E-state index in [1.807, 2.05) is 0 Å². The molecule has 0 amide bonds. The summed E-state index contributed by atoms with van der Waals surface area (Å²) in [6, 6.07) is 6.09. The molecule has 0 atom stereocenters. The summed E-state index contributed by atoms with van der Waals surface area (Å²) in [5.41, 5.74) is 6.74. The summed E-state index contributed by atoms with van der Waals surface area (Å²) in [4.78, 5) is 11.9. The van der Waals surface area contributed by atoms with Gasteiger partial charge in [-0.1, -0.05) is 25.0 Å². The normalized spacial score (nSPS) is 18.2. The monoisotopic (exact) mass is 235 g/mol. The second-order valence-corrected chi connectivity index (χ2v) is 5.09. The molecule has 1 aliphatic carbocycles. The van der Waals surface area contributed by atoms with Crippen LogP contribution >= 0.6 is 0 Å². The van der Waals surface area contributed by atoms with Crippen molar-refractivity contribution in [3.63, 3.8) is 0 Å². The Hall–Kier alpha value is -1.22. The zero-order chi connectivity index (χ0) is 12.3. The highest BCUT2D eigenvalue weighted by Gasteiger charge is 2.31. The molecule has 0 unspecified atom stereocenters. The van der Waals surface area contributed by atoms with Crippen LogP contribution in [-0.2, 0) is 11.2 Å². The molecular formula is C14H18FNO. The molecule has 0 spiro atoms. The minimum absolute atomic E-state index is 0.154. The molecule has 0 heterocycles. The van der Waals surface area contributed by atoms with Gasteiger partial charge in [0.15, 0.2) is 0 Å². The second kappa shape index (κ2) is 4.96. The van der Waals surface area contributed by atoms with Gasteiger partial charge in [-0.3, -0.25) is 4.79 Å². The molecule has 0 bridgehead atoms. The van der Waals surface area contributed by atoms with E-state index >= 15 is 0 Å². The van der Waals surface area contributed by atoms with Crippen LogP contribution < -0.4 is 5.73 Å². The number of hydrogen-bond donors (Lipinski definition) is 1. The molecule has 2 N–H and O–H groups in total. The molecule has 17 heavy (non-hydrogen) atoms. The molecule has 1 saturated carbocycles. The lowest BCUT2D eigenvalue weighted by molar-refractivity contribution is -0.119. The van der Waals surface area contributed by atoms with Crippen molar-refractivity contribution >= 4 is 5.78 Å². The van der Waals surface area contributed by atoms with Crippen molar-refractivity contribution in [1.29, 1.82) is 0 Å². The number of rotatable bonds is 4. The van der Waals surface area contributed by atoms with Crippen molar-refractivity contribution in [1.82, 2.24) is 0 Å². The molecule has 2 nitrogen and oxygen atoms in total. The maximum atomic E-state index is 12.7. The van der Waals surface area contributed by atoms with Crippen molar-refractivity contribution in [2.45, 2.75) is 44.1 Å². The Morgan fingerprint density at radius 2 is 1.82 bits per heavy atom. The first kappa shape index (κ1) is 12.2. The lowest BCUT2D eigenvalue weighted by atomic mass is 9.90. The van der Waals surface area contributed by atoms with Gasteiger partial charge >= 0.3 is 0 Å². The number of benzene rings is 1. The third-order valence-electron chi connectivity index (χ3n) is 3.46. The Balaban J connectivity index is 1.91. The highest BCUT2D eigenvalue weighted by Crippen LogP contribution is 2.30. The van der Waals surface area contributed by atoms with Gasteiger partial charge in [0.25, 0.3) is 0 Å². The van der Waals surface area contributed by atoms with Crippen LogP contribution in [0.2, 0.25) is 0 Å². The molecule has 1 aromatic carbocycles. The number of carbonyl (C=O) groups excluding carboxylic acids is 1. The molecule has 3 heteroatoms. The minimum Gasteiger partial charge on any atom is -0.325 e. The highest BCUT2D eigenvalue weighted by atomic mass is 19.1. The molecule has 1 fully saturated rings. The molecular weight excluding hydrogens is 217 g/mol. The van der Waals surface area contributed by atoms with E-state index in [9.17, 15) is 9.18 Å². The van der Waals surface area contributed by atoms with Crippen molar-refractivity contribution in [3.8, 4) is 0 Å². The number of halogens is 1. The van der Waals surface area contributed by atoms with Crippen LogP contribution in [0.5, 0.6) is 0 Å². The van der Waals surface area contributed by atoms with Crippen molar-refractivity contribution in [2.75, 3.05) is 0 Å². The van der Waals surface area contributed by atoms with Crippen LogP contribution in [0.4, 0.5) is 4.39 Å². The molecule has 0 radical (unpaired) electrons. The molecule has 1 aliphatic rings. The van der Waals surface area contributed by atoms with Gasteiger partial charge in [0.2, 0.25) is 0 Å². The summed E-state index contributed by atoms with van der Waals surface area (Å²) < 4.78 is 12.7. The number of hydrogen-bond acceptors (Lipinski definition) is 2. The Morgan fingerprint density at radius 1 is 1.24 bits per heavy atom. The van der Waals surface area contributed by atoms with E-state index in [2.05, 4.69) is 0 Å². The standard InChI is InChI=1S/C14H18FNO/c15-12-5-3-11(4-6-12)9-13(17)10-14(16)7-1-2-8-14/h3-6H,1-2,7-10,16H2. The Kier molecular flexibility index (Phi) is 3.57. The summed E-state index contributed by atoms with van der Waals surface area (Å²) in [5.74, 6) is -0.117. The van der Waals surface area contributed by atoms with Gasteiger partial charge in [-0.05, 0) is 30.5 Å². The summed E-state index contributed by atoms with van der Waals surface area (Å²) in [7, 11) is 0. The molecule has 0 aromatic heterocycles. The fraction of sp³-hybridized carbons (Fsp3) is 0.500.